The highest BCUT2D eigenvalue weighted by molar-refractivity contribution is 5.50. The number of pyridine rings is 1. The minimum atomic E-state index is 0.411. The second-order valence-electron chi connectivity index (χ2n) is 4.52. The van der Waals surface area contributed by atoms with Gasteiger partial charge in [0.15, 0.2) is 5.82 Å². The van der Waals surface area contributed by atoms with Gasteiger partial charge in [-0.2, -0.15) is 5.26 Å². The largest absolute Gasteiger partial charge is 0.309 e. The van der Waals surface area contributed by atoms with E-state index in [0.29, 0.717) is 11.7 Å². The Morgan fingerprint density at radius 1 is 1.28 bits per heavy atom. The summed E-state index contributed by atoms with van der Waals surface area (Å²) in [5.74, 6) is 0.763. The summed E-state index contributed by atoms with van der Waals surface area (Å²) in [4.78, 5) is 4.28. The smallest absolute Gasteiger partial charge is 0.182 e. The van der Waals surface area contributed by atoms with Crippen LogP contribution in [0.1, 0.15) is 37.4 Å². The quantitative estimate of drug-likeness (QED) is 0.806. The van der Waals surface area contributed by atoms with Crippen molar-refractivity contribution in [3.8, 4) is 17.6 Å². The molecule has 5 heteroatoms. The SMILES string of the molecule is N#Cc1cccc(-c2nncn2C2CCCC2)n1. The summed E-state index contributed by atoms with van der Waals surface area (Å²) in [6.07, 6.45) is 6.62. The maximum absolute atomic E-state index is 8.89. The van der Waals surface area contributed by atoms with Crippen LogP contribution in [0.5, 0.6) is 0 Å². The fourth-order valence-corrected chi connectivity index (χ4v) is 2.50. The summed E-state index contributed by atoms with van der Waals surface area (Å²) in [6, 6.07) is 7.92. The lowest BCUT2D eigenvalue weighted by atomic mass is 10.2. The number of hydrogen-bond donors (Lipinski definition) is 0. The van der Waals surface area contributed by atoms with Crippen molar-refractivity contribution in [3.63, 3.8) is 0 Å². The normalized spacial score (nSPS) is 15.7. The summed E-state index contributed by atoms with van der Waals surface area (Å²) in [6.45, 7) is 0. The third kappa shape index (κ3) is 1.86. The predicted molar refractivity (Wildman–Crippen MR) is 65.5 cm³/mol. The van der Waals surface area contributed by atoms with Gasteiger partial charge in [0, 0.05) is 6.04 Å². The van der Waals surface area contributed by atoms with Crippen molar-refractivity contribution in [3.05, 3.63) is 30.2 Å². The highest BCUT2D eigenvalue weighted by Gasteiger charge is 2.21. The summed E-state index contributed by atoms with van der Waals surface area (Å²) in [5.41, 5.74) is 1.13. The van der Waals surface area contributed by atoms with Gasteiger partial charge >= 0.3 is 0 Å². The predicted octanol–water partition coefficient (Wildman–Crippen LogP) is 2.33. The first kappa shape index (κ1) is 10.9. The molecule has 0 aliphatic heterocycles. The molecule has 2 heterocycles. The van der Waals surface area contributed by atoms with Crippen molar-refractivity contribution < 1.29 is 0 Å². The number of nitrogens with zero attached hydrogens (tertiary/aromatic N) is 5. The third-order valence-corrected chi connectivity index (χ3v) is 3.38. The van der Waals surface area contributed by atoms with E-state index in [2.05, 4.69) is 19.7 Å². The van der Waals surface area contributed by atoms with Gasteiger partial charge in [-0.1, -0.05) is 18.9 Å². The molecule has 0 amide bonds. The van der Waals surface area contributed by atoms with Crippen LogP contribution in [0.3, 0.4) is 0 Å². The lowest BCUT2D eigenvalue weighted by molar-refractivity contribution is 0.521. The Labute approximate surface area is 105 Å². The zero-order chi connectivity index (χ0) is 12.4. The van der Waals surface area contributed by atoms with Gasteiger partial charge in [0.05, 0.1) is 0 Å². The first-order chi connectivity index (χ1) is 8.88. The maximum atomic E-state index is 8.89. The van der Waals surface area contributed by atoms with E-state index in [0.717, 1.165) is 11.5 Å². The third-order valence-electron chi connectivity index (χ3n) is 3.38. The summed E-state index contributed by atoms with van der Waals surface area (Å²) >= 11 is 0. The molecule has 2 aromatic heterocycles. The van der Waals surface area contributed by atoms with Gasteiger partial charge in [0.2, 0.25) is 0 Å². The Balaban J connectivity index is 2.01. The zero-order valence-electron chi connectivity index (χ0n) is 9.95. The molecule has 5 nitrogen and oxygen atoms in total. The minimum Gasteiger partial charge on any atom is -0.309 e. The van der Waals surface area contributed by atoms with Crippen LogP contribution in [-0.4, -0.2) is 19.7 Å². The van der Waals surface area contributed by atoms with Gasteiger partial charge in [-0.3, -0.25) is 0 Å². The molecule has 90 valence electrons. The molecule has 2 aromatic rings. The molecule has 0 spiro atoms. The fourth-order valence-electron chi connectivity index (χ4n) is 2.50. The molecule has 1 saturated carbocycles. The van der Waals surface area contributed by atoms with Crippen LogP contribution < -0.4 is 0 Å². The molecule has 1 aliphatic rings. The molecular formula is C13H13N5. The number of nitriles is 1. The molecule has 1 fully saturated rings. The van der Waals surface area contributed by atoms with Crippen LogP contribution in [0.15, 0.2) is 24.5 Å². The number of rotatable bonds is 2. The highest BCUT2D eigenvalue weighted by atomic mass is 15.3. The lowest BCUT2D eigenvalue weighted by Crippen LogP contribution is -2.06. The standard InChI is InChI=1S/C13H13N5/c14-8-10-4-3-7-12(16-10)13-17-15-9-18(13)11-5-1-2-6-11/h3-4,7,9,11H,1-2,5-6H2. The molecule has 0 unspecified atom stereocenters. The van der Waals surface area contributed by atoms with Crippen molar-refractivity contribution in [1.29, 1.82) is 5.26 Å². The topological polar surface area (TPSA) is 67.4 Å². The van der Waals surface area contributed by atoms with Gasteiger partial charge in [0.25, 0.3) is 0 Å². The Bertz CT molecular complexity index is 589. The van der Waals surface area contributed by atoms with Gasteiger partial charge in [-0.05, 0) is 25.0 Å². The summed E-state index contributed by atoms with van der Waals surface area (Å²) < 4.78 is 2.09. The van der Waals surface area contributed by atoms with Crippen molar-refractivity contribution in [2.24, 2.45) is 0 Å². The lowest BCUT2D eigenvalue weighted by Gasteiger charge is -2.12. The van der Waals surface area contributed by atoms with Crippen LogP contribution in [0.4, 0.5) is 0 Å². The molecule has 0 bridgehead atoms. The Morgan fingerprint density at radius 3 is 2.89 bits per heavy atom. The molecule has 0 atom stereocenters. The second-order valence-corrected chi connectivity index (χ2v) is 4.52. The number of aromatic nitrogens is 4. The Morgan fingerprint density at radius 2 is 2.11 bits per heavy atom. The van der Waals surface area contributed by atoms with E-state index in [9.17, 15) is 0 Å². The van der Waals surface area contributed by atoms with E-state index >= 15 is 0 Å². The van der Waals surface area contributed by atoms with E-state index in [1.165, 1.54) is 25.7 Å². The van der Waals surface area contributed by atoms with Crippen LogP contribution in [0.25, 0.3) is 11.5 Å². The molecular weight excluding hydrogens is 226 g/mol. The van der Waals surface area contributed by atoms with E-state index in [-0.39, 0.29) is 0 Å². The van der Waals surface area contributed by atoms with Crippen molar-refractivity contribution in [2.45, 2.75) is 31.7 Å². The Hall–Kier alpha value is -2.22. The first-order valence-corrected chi connectivity index (χ1v) is 6.15. The van der Waals surface area contributed by atoms with Crippen molar-refractivity contribution in [2.75, 3.05) is 0 Å². The molecule has 0 saturated heterocycles. The second kappa shape index (κ2) is 4.57. The van der Waals surface area contributed by atoms with Crippen LogP contribution in [-0.2, 0) is 0 Å². The highest BCUT2D eigenvalue weighted by Crippen LogP contribution is 2.31. The van der Waals surface area contributed by atoms with E-state index in [4.69, 9.17) is 5.26 Å². The monoisotopic (exact) mass is 239 g/mol. The average molecular weight is 239 g/mol. The van der Waals surface area contributed by atoms with Gasteiger partial charge in [0.1, 0.15) is 23.8 Å². The van der Waals surface area contributed by atoms with Gasteiger partial charge in [-0.25, -0.2) is 4.98 Å². The fraction of sp³-hybridized carbons (Fsp3) is 0.385. The average Bonchev–Trinajstić information content (AvgIpc) is 3.09. The Kier molecular flexibility index (Phi) is 2.77. The summed E-state index contributed by atoms with van der Waals surface area (Å²) in [5, 5.41) is 17.0. The van der Waals surface area contributed by atoms with Crippen LogP contribution in [0.2, 0.25) is 0 Å². The van der Waals surface area contributed by atoms with Crippen molar-refractivity contribution in [1.82, 2.24) is 19.7 Å². The number of hydrogen-bond acceptors (Lipinski definition) is 4. The van der Waals surface area contributed by atoms with E-state index in [1.54, 1.807) is 12.4 Å². The van der Waals surface area contributed by atoms with E-state index < -0.39 is 0 Å². The zero-order valence-corrected chi connectivity index (χ0v) is 9.95. The van der Waals surface area contributed by atoms with Gasteiger partial charge < -0.3 is 4.57 Å². The van der Waals surface area contributed by atoms with Gasteiger partial charge in [-0.15, -0.1) is 10.2 Å². The molecule has 18 heavy (non-hydrogen) atoms. The summed E-state index contributed by atoms with van der Waals surface area (Å²) in [7, 11) is 0. The molecule has 3 rings (SSSR count). The minimum absolute atomic E-state index is 0.411. The van der Waals surface area contributed by atoms with Crippen LogP contribution >= 0.6 is 0 Å². The van der Waals surface area contributed by atoms with Crippen molar-refractivity contribution >= 4 is 0 Å². The molecule has 0 radical (unpaired) electrons. The molecule has 0 aromatic carbocycles. The van der Waals surface area contributed by atoms with Crippen LogP contribution in [0, 0.1) is 11.3 Å². The molecule has 0 N–H and O–H groups in total. The first-order valence-electron chi connectivity index (χ1n) is 6.15. The molecule has 1 aliphatic carbocycles. The van der Waals surface area contributed by atoms with E-state index in [1.807, 2.05) is 18.2 Å². The maximum Gasteiger partial charge on any atom is 0.182 e.